The Balaban J connectivity index is 1.51. The number of carbonyl (C=O) groups excluding carboxylic acids is 1. The second kappa shape index (κ2) is 8.17. The highest BCUT2D eigenvalue weighted by Gasteiger charge is 2.29. The number of aromatic nitrogens is 3. The van der Waals surface area contributed by atoms with E-state index in [1.54, 1.807) is 17.0 Å². The highest BCUT2D eigenvalue weighted by molar-refractivity contribution is 5.92. The lowest BCUT2D eigenvalue weighted by atomic mass is 10.0. The number of amides is 1. The maximum absolute atomic E-state index is 12.7. The molecule has 2 aliphatic rings. The van der Waals surface area contributed by atoms with Crippen molar-refractivity contribution < 1.29 is 22.7 Å². The molecule has 0 aromatic carbocycles. The van der Waals surface area contributed by atoms with E-state index in [2.05, 4.69) is 15.2 Å². The molecule has 0 saturated carbocycles. The average molecular weight is 421 g/mol. The zero-order chi connectivity index (χ0) is 21.3. The number of ether oxygens (including phenoxy) is 1. The molecule has 2 aliphatic heterocycles. The van der Waals surface area contributed by atoms with Gasteiger partial charge in [0.05, 0.1) is 19.6 Å². The van der Waals surface area contributed by atoms with Gasteiger partial charge in [-0.15, -0.1) is 10.2 Å². The Bertz CT molecular complexity index is 945. The van der Waals surface area contributed by atoms with Crippen molar-refractivity contribution in [1.82, 2.24) is 20.1 Å². The molecule has 1 fully saturated rings. The lowest BCUT2D eigenvalue weighted by Gasteiger charge is -2.30. The SMILES string of the molecule is Cc1cc(C(=O)N2CCOCC2)nnc1N1CCc2ncc(CC(F)(F)F)cc2C1. The van der Waals surface area contributed by atoms with Gasteiger partial charge in [-0.1, -0.05) is 6.07 Å². The zero-order valence-electron chi connectivity index (χ0n) is 16.6. The van der Waals surface area contributed by atoms with Crippen LogP contribution in [-0.4, -0.2) is 65.0 Å². The van der Waals surface area contributed by atoms with Gasteiger partial charge >= 0.3 is 6.18 Å². The highest BCUT2D eigenvalue weighted by Crippen LogP contribution is 2.27. The standard InChI is InChI=1S/C20H22F3N5O2/c1-13-8-17(19(29)27-4-6-30-7-5-27)25-26-18(13)28-3-2-16-15(12-28)9-14(11-24-16)10-20(21,22)23/h8-9,11H,2-7,10,12H2,1H3. The van der Waals surface area contributed by atoms with Gasteiger partial charge in [-0.05, 0) is 29.7 Å². The van der Waals surface area contributed by atoms with Crippen LogP contribution in [0.3, 0.4) is 0 Å². The average Bonchev–Trinajstić information content (AvgIpc) is 2.72. The van der Waals surface area contributed by atoms with Crippen LogP contribution < -0.4 is 4.90 Å². The summed E-state index contributed by atoms with van der Waals surface area (Å²) in [6.07, 6.45) is -3.35. The van der Waals surface area contributed by atoms with Crippen LogP contribution in [0.15, 0.2) is 18.3 Å². The molecule has 0 radical (unpaired) electrons. The van der Waals surface area contributed by atoms with E-state index in [-0.39, 0.29) is 17.2 Å². The second-order valence-electron chi connectivity index (χ2n) is 7.55. The molecule has 7 nitrogen and oxygen atoms in total. The maximum atomic E-state index is 12.7. The van der Waals surface area contributed by atoms with E-state index in [4.69, 9.17) is 4.74 Å². The number of pyridine rings is 1. The first kappa shape index (κ1) is 20.5. The van der Waals surface area contributed by atoms with Crippen LogP contribution in [0.1, 0.15) is 32.9 Å². The van der Waals surface area contributed by atoms with E-state index in [0.29, 0.717) is 51.6 Å². The summed E-state index contributed by atoms with van der Waals surface area (Å²) < 4.78 is 43.4. The minimum atomic E-state index is -4.27. The lowest BCUT2D eigenvalue weighted by Crippen LogP contribution is -2.41. The van der Waals surface area contributed by atoms with E-state index < -0.39 is 12.6 Å². The third-order valence-corrected chi connectivity index (χ3v) is 5.28. The number of hydrogen-bond donors (Lipinski definition) is 0. The summed E-state index contributed by atoms with van der Waals surface area (Å²) in [5.74, 6) is 0.450. The number of hydrogen-bond acceptors (Lipinski definition) is 6. The van der Waals surface area contributed by atoms with Gasteiger partial charge in [0.25, 0.3) is 5.91 Å². The van der Waals surface area contributed by atoms with Crippen LogP contribution >= 0.6 is 0 Å². The van der Waals surface area contributed by atoms with Gasteiger partial charge in [0.15, 0.2) is 11.5 Å². The first-order valence-corrected chi connectivity index (χ1v) is 9.80. The van der Waals surface area contributed by atoms with Gasteiger partial charge in [0, 0.05) is 44.5 Å². The monoisotopic (exact) mass is 421 g/mol. The van der Waals surface area contributed by atoms with E-state index in [1.165, 1.54) is 6.20 Å². The number of nitrogens with zero attached hydrogens (tertiary/aromatic N) is 5. The zero-order valence-corrected chi connectivity index (χ0v) is 16.6. The van der Waals surface area contributed by atoms with Crippen molar-refractivity contribution >= 4 is 11.7 Å². The van der Waals surface area contributed by atoms with Crippen LogP contribution in [0.25, 0.3) is 0 Å². The molecule has 0 aliphatic carbocycles. The number of anilines is 1. The molecule has 0 bridgehead atoms. The summed E-state index contributed by atoms with van der Waals surface area (Å²) in [5, 5.41) is 8.39. The molecule has 160 valence electrons. The number of halogens is 3. The normalized spacial score (nSPS) is 17.1. The number of aryl methyl sites for hydroxylation is 1. The summed E-state index contributed by atoms with van der Waals surface area (Å²) >= 11 is 0. The molecule has 0 atom stereocenters. The van der Waals surface area contributed by atoms with E-state index in [1.807, 2.05) is 11.8 Å². The Morgan fingerprint density at radius 2 is 1.93 bits per heavy atom. The number of carbonyl (C=O) groups is 1. The van der Waals surface area contributed by atoms with Gasteiger partial charge in [0.1, 0.15) is 0 Å². The topological polar surface area (TPSA) is 71.5 Å². The third kappa shape index (κ3) is 4.53. The number of alkyl halides is 3. The predicted molar refractivity (Wildman–Crippen MR) is 102 cm³/mol. The fourth-order valence-corrected chi connectivity index (χ4v) is 3.81. The largest absolute Gasteiger partial charge is 0.393 e. The minimum Gasteiger partial charge on any atom is -0.378 e. The van der Waals surface area contributed by atoms with Gasteiger partial charge in [-0.25, -0.2) is 0 Å². The van der Waals surface area contributed by atoms with Crippen molar-refractivity contribution in [2.24, 2.45) is 0 Å². The van der Waals surface area contributed by atoms with Gasteiger partial charge in [-0.3, -0.25) is 9.78 Å². The summed E-state index contributed by atoms with van der Waals surface area (Å²) in [6, 6.07) is 3.29. The number of morpholine rings is 1. The van der Waals surface area contributed by atoms with Crippen LogP contribution in [0.2, 0.25) is 0 Å². The van der Waals surface area contributed by atoms with Crippen molar-refractivity contribution in [3.63, 3.8) is 0 Å². The van der Waals surface area contributed by atoms with Crippen molar-refractivity contribution in [2.45, 2.75) is 32.5 Å². The molecule has 0 unspecified atom stereocenters. The molecular weight excluding hydrogens is 399 g/mol. The Labute approximate surface area is 171 Å². The van der Waals surface area contributed by atoms with E-state index in [9.17, 15) is 18.0 Å². The molecule has 4 heterocycles. The molecule has 2 aromatic rings. The highest BCUT2D eigenvalue weighted by atomic mass is 19.4. The Kier molecular flexibility index (Phi) is 5.59. The van der Waals surface area contributed by atoms with Crippen LogP contribution in [0.4, 0.5) is 19.0 Å². The van der Waals surface area contributed by atoms with Gasteiger partial charge in [0.2, 0.25) is 0 Å². The van der Waals surface area contributed by atoms with Crippen molar-refractivity contribution in [3.8, 4) is 0 Å². The molecule has 4 rings (SSSR count). The molecule has 0 spiro atoms. The van der Waals surface area contributed by atoms with E-state index in [0.717, 1.165) is 16.8 Å². The van der Waals surface area contributed by atoms with Gasteiger partial charge < -0.3 is 14.5 Å². The van der Waals surface area contributed by atoms with E-state index >= 15 is 0 Å². The van der Waals surface area contributed by atoms with Gasteiger partial charge in [-0.2, -0.15) is 13.2 Å². The molecule has 10 heteroatoms. The third-order valence-electron chi connectivity index (χ3n) is 5.28. The minimum absolute atomic E-state index is 0.150. The van der Waals surface area contributed by atoms with Crippen molar-refractivity contribution in [3.05, 3.63) is 46.4 Å². The molecule has 0 N–H and O–H groups in total. The molecular formula is C20H22F3N5O2. The van der Waals surface area contributed by atoms with Crippen LogP contribution in [-0.2, 0) is 24.1 Å². The first-order chi connectivity index (χ1) is 14.3. The maximum Gasteiger partial charge on any atom is 0.393 e. The Hall–Kier alpha value is -2.75. The summed E-state index contributed by atoms with van der Waals surface area (Å²) in [6.45, 7) is 4.95. The Morgan fingerprint density at radius 3 is 2.63 bits per heavy atom. The molecule has 30 heavy (non-hydrogen) atoms. The number of rotatable bonds is 3. The van der Waals surface area contributed by atoms with Crippen molar-refractivity contribution in [2.75, 3.05) is 37.7 Å². The van der Waals surface area contributed by atoms with Crippen LogP contribution in [0.5, 0.6) is 0 Å². The van der Waals surface area contributed by atoms with Crippen LogP contribution in [0, 0.1) is 6.92 Å². The Morgan fingerprint density at radius 1 is 1.17 bits per heavy atom. The molecule has 1 saturated heterocycles. The predicted octanol–water partition coefficient (Wildman–Crippen LogP) is 2.32. The second-order valence-corrected chi connectivity index (χ2v) is 7.55. The quantitative estimate of drug-likeness (QED) is 0.758. The number of fused-ring (bicyclic) bond motifs is 1. The fraction of sp³-hybridized carbons (Fsp3) is 0.500. The molecule has 2 aromatic heterocycles. The smallest absolute Gasteiger partial charge is 0.378 e. The summed E-state index contributed by atoms with van der Waals surface area (Å²) in [5.41, 5.74) is 2.80. The molecule has 1 amide bonds. The lowest BCUT2D eigenvalue weighted by molar-refractivity contribution is -0.127. The summed E-state index contributed by atoms with van der Waals surface area (Å²) in [4.78, 5) is 20.5. The fourth-order valence-electron chi connectivity index (χ4n) is 3.81. The summed E-state index contributed by atoms with van der Waals surface area (Å²) in [7, 11) is 0. The van der Waals surface area contributed by atoms with Crippen molar-refractivity contribution in [1.29, 1.82) is 0 Å². The first-order valence-electron chi connectivity index (χ1n) is 9.80.